The molecule has 182 valence electrons. The van der Waals surface area contributed by atoms with E-state index in [1.807, 2.05) is 0 Å². The molecule has 13 heteroatoms. The topological polar surface area (TPSA) is 180 Å². The predicted octanol–water partition coefficient (Wildman–Crippen LogP) is 0.851. The van der Waals surface area contributed by atoms with E-state index in [0.717, 1.165) is 18.9 Å². The Hall–Kier alpha value is -3.35. The molecule has 0 radical (unpaired) electrons. The molecule has 2 unspecified atom stereocenters. The lowest BCUT2D eigenvalue weighted by atomic mass is 9.92. The highest BCUT2D eigenvalue weighted by Gasteiger charge is 2.33. The van der Waals surface area contributed by atoms with Crippen molar-refractivity contribution in [2.24, 2.45) is 22.4 Å². The summed E-state index contributed by atoms with van der Waals surface area (Å²) in [6.07, 6.45) is -3.17. The zero-order valence-electron chi connectivity index (χ0n) is 17.6. The van der Waals surface area contributed by atoms with Gasteiger partial charge in [-0.3, -0.25) is 14.4 Å². The largest absolute Gasteiger partial charge is 0.481 e. The quantitative estimate of drug-likeness (QED) is 0.227. The number of halogens is 3. The Morgan fingerprint density at radius 2 is 1.79 bits per heavy atom. The number of aliphatic imine (C=N–C) groups is 1. The molecule has 0 aromatic heterocycles. The molecule has 10 nitrogen and oxygen atoms in total. The number of nitrogens with two attached hydrogens (primary N) is 2. The van der Waals surface area contributed by atoms with Gasteiger partial charge in [-0.1, -0.05) is 12.8 Å². The standard InChI is InChI=1S/C20H26F3N5O5/c21-20(22,23)12-5-11(6-13(7-12)27-19(24)25)18(33)26-9-15(29)28-14(8-16(30)31)17(32)10-3-1-2-4-10/h5-7,10,14,17,32H,1-4,8-9H2,(H,26,33)(H,28,29)(H,30,31)(H4,24,25,27). The van der Waals surface area contributed by atoms with Crippen LogP contribution in [0.25, 0.3) is 0 Å². The second-order valence-corrected chi connectivity index (χ2v) is 7.79. The van der Waals surface area contributed by atoms with Gasteiger partial charge in [0.25, 0.3) is 5.91 Å². The smallest absolute Gasteiger partial charge is 0.416 e. The second kappa shape index (κ2) is 11.0. The molecule has 0 spiro atoms. The van der Waals surface area contributed by atoms with Gasteiger partial charge in [-0.05, 0) is 37.0 Å². The molecule has 0 saturated heterocycles. The van der Waals surface area contributed by atoms with Crippen LogP contribution < -0.4 is 22.1 Å². The average molecular weight is 473 g/mol. The molecule has 2 atom stereocenters. The molecule has 2 amide bonds. The van der Waals surface area contributed by atoms with Gasteiger partial charge in [0.1, 0.15) is 0 Å². The van der Waals surface area contributed by atoms with Crippen molar-refractivity contribution in [2.75, 3.05) is 6.54 Å². The highest BCUT2D eigenvalue weighted by atomic mass is 19.4. The molecular formula is C20H26F3N5O5. The summed E-state index contributed by atoms with van der Waals surface area (Å²) in [4.78, 5) is 39.3. The summed E-state index contributed by atoms with van der Waals surface area (Å²) < 4.78 is 39.4. The average Bonchev–Trinajstić information content (AvgIpc) is 3.24. The zero-order chi connectivity index (χ0) is 24.8. The third kappa shape index (κ3) is 7.93. The maximum Gasteiger partial charge on any atom is 0.416 e. The number of rotatable bonds is 9. The number of carboxylic acid groups (broad SMARTS) is 1. The minimum Gasteiger partial charge on any atom is -0.481 e. The summed E-state index contributed by atoms with van der Waals surface area (Å²) >= 11 is 0. The molecule has 0 aliphatic heterocycles. The molecule has 33 heavy (non-hydrogen) atoms. The van der Waals surface area contributed by atoms with Crippen molar-refractivity contribution in [3.63, 3.8) is 0 Å². The van der Waals surface area contributed by atoms with Gasteiger partial charge in [0.15, 0.2) is 5.96 Å². The number of hydrogen-bond donors (Lipinski definition) is 6. The van der Waals surface area contributed by atoms with E-state index < -0.39 is 66.2 Å². The number of guanidine groups is 1. The fourth-order valence-corrected chi connectivity index (χ4v) is 3.71. The van der Waals surface area contributed by atoms with Crippen LogP contribution in [0.3, 0.4) is 0 Å². The van der Waals surface area contributed by atoms with Crippen LogP contribution in [-0.4, -0.2) is 52.6 Å². The van der Waals surface area contributed by atoms with Gasteiger partial charge in [-0.2, -0.15) is 13.2 Å². The normalized spacial score (nSPS) is 16.0. The molecule has 0 heterocycles. The Morgan fingerprint density at radius 3 is 2.33 bits per heavy atom. The fourth-order valence-electron chi connectivity index (χ4n) is 3.71. The van der Waals surface area contributed by atoms with E-state index in [1.54, 1.807) is 0 Å². The minimum atomic E-state index is -4.78. The van der Waals surface area contributed by atoms with Gasteiger partial charge < -0.3 is 32.3 Å². The Bertz CT molecular complexity index is 912. The number of carbonyl (C=O) groups is 3. The summed E-state index contributed by atoms with van der Waals surface area (Å²) in [7, 11) is 0. The molecule has 1 aliphatic rings. The number of aliphatic carboxylic acids is 1. The molecule has 0 bridgehead atoms. The second-order valence-electron chi connectivity index (χ2n) is 7.79. The number of nitrogens with zero attached hydrogens (tertiary/aromatic N) is 1. The van der Waals surface area contributed by atoms with Crippen LogP contribution in [0, 0.1) is 5.92 Å². The van der Waals surface area contributed by atoms with E-state index in [9.17, 15) is 32.7 Å². The molecule has 2 rings (SSSR count). The number of aliphatic hydroxyl groups excluding tert-OH is 1. The molecular weight excluding hydrogens is 447 g/mol. The number of alkyl halides is 3. The molecule has 1 aromatic rings. The Labute approximate surface area is 187 Å². The van der Waals surface area contributed by atoms with Crippen molar-refractivity contribution in [3.05, 3.63) is 29.3 Å². The molecule has 1 fully saturated rings. The summed E-state index contributed by atoms with van der Waals surface area (Å²) in [5.74, 6) is -3.69. The van der Waals surface area contributed by atoms with E-state index >= 15 is 0 Å². The first-order valence-electron chi connectivity index (χ1n) is 10.2. The highest BCUT2D eigenvalue weighted by Crippen LogP contribution is 2.33. The Balaban J connectivity index is 2.08. The van der Waals surface area contributed by atoms with Crippen LogP contribution in [-0.2, 0) is 15.8 Å². The first-order valence-corrected chi connectivity index (χ1v) is 10.2. The van der Waals surface area contributed by atoms with Crippen LogP contribution in [0.4, 0.5) is 18.9 Å². The number of nitrogens with one attached hydrogen (secondary N) is 2. The van der Waals surface area contributed by atoms with Crippen LogP contribution in [0.2, 0.25) is 0 Å². The van der Waals surface area contributed by atoms with E-state index in [-0.39, 0.29) is 11.6 Å². The number of carbonyl (C=O) groups excluding carboxylic acids is 2. The third-order valence-corrected chi connectivity index (χ3v) is 5.21. The minimum absolute atomic E-state index is 0.150. The molecule has 1 aromatic carbocycles. The lowest BCUT2D eigenvalue weighted by Gasteiger charge is -2.27. The van der Waals surface area contributed by atoms with Crippen molar-refractivity contribution < 1.29 is 37.8 Å². The van der Waals surface area contributed by atoms with Crippen molar-refractivity contribution in [1.82, 2.24) is 10.6 Å². The molecule has 8 N–H and O–H groups in total. The predicted molar refractivity (Wildman–Crippen MR) is 111 cm³/mol. The molecule has 1 aliphatic carbocycles. The number of carboxylic acids is 1. The number of amides is 2. The van der Waals surface area contributed by atoms with Gasteiger partial charge >= 0.3 is 12.1 Å². The van der Waals surface area contributed by atoms with Crippen LogP contribution in [0.1, 0.15) is 48.0 Å². The zero-order valence-corrected chi connectivity index (χ0v) is 17.6. The van der Waals surface area contributed by atoms with E-state index in [4.69, 9.17) is 16.6 Å². The summed E-state index contributed by atoms with van der Waals surface area (Å²) in [5.41, 5.74) is 8.47. The number of benzene rings is 1. The van der Waals surface area contributed by atoms with Gasteiger partial charge in [-0.25, -0.2) is 4.99 Å². The first kappa shape index (κ1) is 25.9. The maximum absolute atomic E-state index is 13.1. The van der Waals surface area contributed by atoms with Crippen LogP contribution in [0.5, 0.6) is 0 Å². The number of hydrogen-bond acceptors (Lipinski definition) is 5. The summed E-state index contributed by atoms with van der Waals surface area (Å²) in [5, 5.41) is 24.1. The van der Waals surface area contributed by atoms with Crippen molar-refractivity contribution >= 4 is 29.4 Å². The van der Waals surface area contributed by atoms with E-state index in [1.165, 1.54) is 0 Å². The lowest BCUT2D eigenvalue weighted by molar-refractivity contribution is -0.139. The lowest BCUT2D eigenvalue weighted by Crippen LogP contribution is -2.50. The fraction of sp³-hybridized carbons (Fsp3) is 0.500. The van der Waals surface area contributed by atoms with Crippen LogP contribution in [0.15, 0.2) is 23.2 Å². The van der Waals surface area contributed by atoms with Gasteiger partial charge in [-0.15, -0.1) is 0 Å². The van der Waals surface area contributed by atoms with Crippen molar-refractivity contribution in [2.45, 2.75) is 50.4 Å². The van der Waals surface area contributed by atoms with Gasteiger partial charge in [0, 0.05) is 5.56 Å². The van der Waals surface area contributed by atoms with Crippen molar-refractivity contribution in [3.8, 4) is 0 Å². The number of aliphatic hydroxyl groups is 1. The SMILES string of the molecule is NC(N)=Nc1cc(C(=O)NCC(=O)NC(CC(=O)O)C(O)C2CCCC2)cc(C(F)(F)F)c1. The van der Waals surface area contributed by atoms with Crippen molar-refractivity contribution in [1.29, 1.82) is 0 Å². The monoisotopic (exact) mass is 473 g/mol. The Morgan fingerprint density at radius 1 is 1.15 bits per heavy atom. The van der Waals surface area contributed by atoms with Gasteiger partial charge in [0.05, 0.1) is 36.4 Å². The maximum atomic E-state index is 13.1. The summed E-state index contributed by atoms with van der Waals surface area (Å²) in [6.45, 7) is -0.653. The van der Waals surface area contributed by atoms with E-state index in [0.29, 0.717) is 25.0 Å². The Kier molecular flexibility index (Phi) is 8.63. The first-order chi connectivity index (χ1) is 15.4. The summed E-state index contributed by atoms with van der Waals surface area (Å²) in [6, 6.07) is 1.18. The van der Waals surface area contributed by atoms with Crippen LogP contribution >= 0.6 is 0 Å². The third-order valence-electron chi connectivity index (χ3n) is 5.21. The highest BCUT2D eigenvalue weighted by molar-refractivity contribution is 5.97. The van der Waals surface area contributed by atoms with E-state index in [2.05, 4.69) is 15.6 Å². The molecule has 1 saturated carbocycles. The van der Waals surface area contributed by atoms with Gasteiger partial charge in [0.2, 0.25) is 5.91 Å².